The molecular weight excluding hydrogens is 331 g/mol. The van der Waals surface area contributed by atoms with Crippen LogP contribution >= 0.6 is 0 Å². The number of hydrogen-bond donors (Lipinski definition) is 0. The van der Waals surface area contributed by atoms with Crippen LogP contribution in [-0.2, 0) is 0 Å². The van der Waals surface area contributed by atoms with Crippen LogP contribution in [0.25, 0.3) is 5.65 Å². The van der Waals surface area contributed by atoms with E-state index in [0.717, 1.165) is 55.3 Å². The van der Waals surface area contributed by atoms with Gasteiger partial charge >= 0.3 is 0 Å². The lowest BCUT2D eigenvalue weighted by molar-refractivity contribution is 0.627. The highest BCUT2D eigenvalue weighted by atomic mass is 19.1. The Morgan fingerprint density at radius 2 is 1.73 bits per heavy atom. The van der Waals surface area contributed by atoms with Gasteiger partial charge in [-0.3, -0.25) is 0 Å². The van der Waals surface area contributed by atoms with E-state index in [2.05, 4.69) is 45.0 Å². The number of anilines is 2. The molecule has 1 aliphatic heterocycles. The minimum absolute atomic E-state index is 0.197. The van der Waals surface area contributed by atoms with Gasteiger partial charge in [0, 0.05) is 31.9 Å². The quantitative estimate of drug-likeness (QED) is 0.723. The van der Waals surface area contributed by atoms with E-state index in [1.165, 1.54) is 12.1 Å². The van der Waals surface area contributed by atoms with Gasteiger partial charge in [0.15, 0.2) is 0 Å². The van der Waals surface area contributed by atoms with Gasteiger partial charge in [0.05, 0.1) is 11.4 Å². The predicted octanol–water partition coefficient (Wildman–Crippen LogP) is 3.10. The molecule has 6 nitrogen and oxygen atoms in total. The topological polar surface area (TPSA) is 49.6 Å². The van der Waals surface area contributed by atoms with Crippen LogP contribution in [0.1, 0.15) is 31.9 Å². The molecule has 4 rings (SSSR count). The van der Waals surface area contributed by atoms with Crippen molar-refractivity contribution >= 4 is 17.0 Å². The molecule has 0 unspecified atom stereocenters. The third kappa shape index (κ3) is 3.21. The first-order chi connectivity index (χ1) is 12.6. The number of nitrogens with zero attached hydrogens (tertiary/aromatic N) is 6. The lowest BCUT2D eigenvalue weighted by Gasteiger charge is -2.25. The van der Waals surface area contributed by atoms with Crippen molar-refractivity contribution in [1.82, 2.24) is 19.8 Å². The van der Waals surface area contributed by atoms with Crippen LogP contribution < -0.4 is 9.80 Å². The summed E-state index contributed by atoms with van der Waals surface area (Å²) in [6.45, 7) is 7.93. The molecule has 136 valence electrons. The summed E-state index contributed by atoms with van der Waals surface area (Å²) in [7, 11) is 0. The Morgan fingerprint density at radius 3 is 2.50 bits per heavy atom. The van der Waals surface area contributed by atoms with Gasteiger partial charge in [-0.15, -0.1) is 10.2 Å². The van der Waals surface area contributed by atoms with E-state index in [1.54, 1.807) is 10.8 Å². The first-order valence-electron chi connectivity index (χ1n) is 9.08. The van der Waals surface area contributed by atoms with Crippen LogP contribution in [0.3, 0.4) is 0 Å². The molecule has 1 fully saturated rings. The molecule has 0 atom stereocenters. The van der Waals surface area contributed by atoms with Gasteiger partial charge in [0.1, 0.15) is 12.1 Å². The van der Waals surface area contributed by atoms with Crippen molar-refractivity contribution < 1.29 is 4.39 Å². The number of aromatic nitrogens is 4. The second-order valence-corrected chi connectivity index (χ2v) is 7.01. The molecule has 0 amide bonds. The van der Waals surface area contributed by atoms with Gasteiger partial charge in [-0.05, 0) is 42.7 Å². The summed E-state index contributed by atoms with van der Waals surface area (Å²) in [5, 5.41) is 12.9. The summed E-state index contributed by atoms with van der Waals surface area (Å²) in [4.78, 5) is 4.67. The molecule has 0 N–H and O–H groups in total. The molecule has 0 spiro atoms. The largest absolute Gasteiger partial charge is 0.370 e. The molecule has 2 aromatic heterocycles. The van der Waals surface area contributed by atoms with Crippen LogP contribution in [-0.4, -0.2) is 46.0 Å². The number of benzene rings is 1. The van der Waals surface area contributed by atoms with Crippen molar-refractivity contribution in [2.75, 3.05) is 36.0 Å². The Balaban J connectivity index is 1.60. The van der Waals surface area contributed by atoms with Gasteiger partial charge in [0.2, 0.25) is 5.65 Å². The van der Waals surface area contributed by atoms with E-state index in [9.17, 15) is 4.39 Å². The maximum Gasteiger partial charge on any atom is 0.200 e. The van der Waals surface area contributed by atoms with Crippen molar-refractivity contribution in [3.8, 4) is 0 Å². The zero-order valence-corrected chi connectivity index (χ0v) is 15.1. The van der Waals surface area contributed by atoms with Crippen molar-refractivity contribution in [1.29, 1.82) is 0 Å². The Morgan fingerprint density at radius 1 is 1.00 bits per heavy atom. The van der Waals surface area contributed by atoms with E-state index in [1.807, 2.05) is 12.1 Å². The summed E-state index contributed by atoms with van der Waals surface area (Å²) in [5.41, 5.74) is 3.98. The third-order valence-electron chi connectivity index (χ3n) is 4.89. The lowest BCUT2D eigenvalue weighted by Crippen LogP contribution is -2.31. The number of rotatable bonds is 3. The fraction of sp³-hybridized carbons (Fsp3) is 0.421. The zero-order chi connectivity index (χ0) is 18.1. The number of hydrogen-bond acceptors (Lipinski definition) is 5. The molecule has 1 saturated heterocycles. The minimum Gasteiger partial charge on any atom is -0.370 e. The molecule has 3 heterocycles. The van der Waals surface area contributed by atoms with E-state index in [4.69, 9.17) is 0 Å². The van der Waals surface area contributed by atoms with Crippen LogP contribution in [0.5, 0.6) is 0 Å². The minimum atomic E-state index is -0.197. The average Bonchev–Trinajstić information content (AvgIpc) is 2.98. The molecule has 0 saturated carbocycles. The monoisotopic (exact) mass is 354 g/mol. The molecule has 7 heteroatoms. The summed E-state index contributed by atoms with van der Waals surface area (Å²) in [6.07, 6.45) is 2.68. The van der Waals surface area contributed by atoms with Crippen molar-refractivity contribution in [3.63, 3.8) is 0 Å². The molecular formula is C19H23FN6. The van der Waals surface area contributed by atoms with Gasteiger partial charge < -0.3 is 9.80 Å². The molecule has 0 radical (unpaired) electrons. The molecule has 1 aromatic carbocycles. The van der Waals surface area contributed by atoms with Gasteiger partial charge in [-0.25, -0.2) is 4.39 Å². The van der Waals surface area contributed by atoms with Crippen LogP contribution in [0.4, 0.5) is 15.8 Å². The Kier molecular flexibility index (Phi) is 4.44. The van der Waals surface area contributed by atoms with Gasteiger partial charge in [-0.1, -0.05) is 13.8 Å². The van der Waals surface area contributed by atoms with E-state index in [-0.39, 0.29) is 5.82 Å². The normalized spacial score (nSPS) is 15.7. The lowest BCUT2D eigenvalue weighted by atomic mass is 10.1. The second-order valence-electron chi connectivity index (χ2n) is 7.01. The van der Waals surface area contributed by atoms with Crippen LogP contribution in [0.2, 0.25) is 0 Å². The highest BCUT2D eigenvalue weighted by Gasteiger charge is 2.20. The van der Waals surface area contributed by atoms with Crippen LogP contribution in [0.15, 0.2) is 36.7 Å². The standard InChI is InChI=1S/C19H23FN6/c1-14(2)17-12-18(19-22-21-13-26(19)23-17)25-9-3-8-24(10-11-25)16-6-4-15(20)5-7-16/h4-7,12-14H,3,8-11H2,1-2H3. The fourth-order valence-corrected chi connectivity index (χ4v) is 3.41. The predicted molar refractivity (Wildman–Crippen MR) is 100 cm³/mol. The van der Waals surface area contributed by atoms with Gasteiger partial charge in [0.25, 0.3) is 0 Å². The average molecular weight is 354 g/mol. The highest BCUT2D eigenvalue weighted by Crippen LogP contribution is 2.26. The summed E-state index contributed by atoms with van der Waals surface area (Å²) in [6, 6.07) is 8.89. The smallest absolute Gasteiger partial charge is 0.200 e. The zero-order valence-electron chi connectivity index (χ0n) is 15.1. The van der Waals surface area contributed by atoms with E-state index >= 15 is 0 Å². The number of halogens is 1. The first kappa shape index (κ1) is 16.8. The Hall–Kier alpha value is -2.70. The number of fused-ring (bicyclic) bond motifs is 1. The molecule has 26 heavy (non-hydrogen) atoms. The molecule has 0 bridgehead atoms. The Bertz CT molecular complexity index is 889. The van der Waals surface area contributed by atoms with Crippen molar-refractivity contribution in [2.24, 2.45) is 0 Å². The Labute approximate surface area is 152 Å². The van der Waals surface area contributed by atoms with Crippen LogP contribution in [0, 0.1) is 5.82 Å². The molecule has 3 aromatic rings. The van der Waals surface area contributed by atoms with Crippen molar-refractivity contribution in [3.05, 3.63) is 48.2 Å². The van der Waals surface area contributed by atoms with Gasteiger partial charge in [-0.2, -0.15) is 9.61 Å². The molecule has 1 aliphatic rings. The van der Waals surface area contributed by atoms with E-state index < -0.39 is 0 Å². The highest BCUT2D eigenvalue weighted by molar-refractivity contribution is 5.68. The first-order valence-corrected chi connectivity index (χ1v) is 9.08. The van der Waals surface area contributed by atoms with E-state index in [0.29, 0.717) is 5.92 Å². The second kappa shape index (κ2) is 6.90. The maximum absolute atomic E-state index is 13.2. The fourth-order valence-electron chi connectivity index (χ4n) is 3.41. The summed E-state index contributed by atoms with van der Waals surface area (Å²) in [5.74, 6) is 0.139. The third-order valence-corrected chi connectivity index (χ3v) is 4.89. The van der Waals surface area contributed by atoms with Crippen molar-refractivity contribution in [2.45, 2.75) is 26.2 Å². The molecule has 0 aliphatic carbocycles. The summed E-state index contributed by atoms with van der Waals surface area (Å²) < 4.78 is 15.0. The summed E-state index contributed by atoms with van der Waals surface area (Å²) >= 11 is 0. The maximum atomic E-state index is 13.2. The SMILES string of the molecule is CC(C)c1cc(N2CCCN(c3ccc(F)cc3)CC2)c2nncn2n1.